The van der Waals surface area contributed by atoms with Crippen LogP contribution in [-0.4, -0.2) is 156 Å². The summed E-state index contributed by atoms with van der Waals surface area (Å²) in [4.78, 5) is 134. The Balaban J connectivity index is 2.09. The number of hydrogen-bond donors (Lipinski definition) is 12. The largest absolute Gasteiger partial charge is 0.508 e. The average molecular weight is 1010 g/mol. The first kappa shape index (κ1) is 57.9. The van der Waals surface area contributed by atoms with E-state index in [2.05, 4.69) is 37.2 Å². The van der Waals surface area contributed by atoms with Crippen LogP contribution < -0.4 is 54.4 Å². The summed E-state index contributed by atoms with van der Waals surface area (Å²) in [6.07, 6.45) is -3.44. The minimum absolute atomic E-state index is 0.0721. The Bertz CT molecular complexity index is 2170. The van der Waals surface area contributed by atoms with E-state index in [1.807, 2.05) is 0 Å². The minimum Gasteiger partial charge on any atom is -0.508 e. The van der Waals surface area contributed by atoms with E-state index in [9.17, 15) is 66.6 Å². The molecule has 1 saturated carbocycles. The lowest BCUT2D eigenvalue weighted by atomic mass is 9.96. The number of carbonyl (C=O) groups excluding carboxylic acids is 10. The van der Waals surface area contributed by atoms with Gasteiger partial charge in [0, 0.05) is 18.9 Å². The predicted octanol–water partition coefficient (Wildman–Crippen LogP) is -4.33. The highest BCUT2D eigenvalue weighted by atomic mass is 32.2. The molecule has 1 aromatic carbocycles. The molecule has 8 atom stereocenters. The average Bonchev–Trinajstić information content (AvgIpc) is 4.13. The molecule has 2 aliphatic rings. The van der Waals surface area contributed by atoms with Crippen LogP contribution in [0.15, 0.2) is 24.3 Å². The summed E-state index contributed by atoms with van der Waals surface area (Å²) in [5, 5.41) is 38.5. The van der Waals surface area contributed by atoms with Gasteiger partial charge in [0.2, 0.25) is 59.1 Å². The van der Waals surface area contributed by atoms with Crippen LogP contribution in [0.5, 0.6) is 5.75 Å². The molecule has 15 N–H and O–H groups in total. The van der Waals surface area contributed by atoms with E-state index in [4.69, 9.17) is 17.2 Å². The van der Waals surface area contributed by atoms with Crippen LogP contribution in [0.4, 0.5) is 0 Å². The van der Waals surface area contributed by atoms with E-state index in [1.165, 1.54) is 24.3 Å². The van der Waals surface area contributed by atoms with Crippen molar-refractivity contribution < 1.29 is 66.6 Å². The summed E-state index contributed by atoms with van der Waals surface area (Å²) < 4.78 is 27.3. The van der Waals surface area contributed by atoms with E-state index in [0.717, 1.165) is 4.90 Å². The summed E-state index contributed by atoms with van der Waals surface area (Å²) >= 11 is 0. The number of phenolic OH excluding ortho intramolecular Hbond substituents is 1. The van der Waals surface area contributed by atoms with Gasteiger partial charge in [-0.3, -0.25) is 53.3 Å². The second-order valence-electron chi connectivity index (χ2n) is 18.2. The van der Waals surface area contributed by atoms with Crippen molar-refractivity contribution in [3.8, 4) is 5.75 Å². The van der Waals surface area contributed by atoms with Gasteiger partial charge in [-0.05, 0) is 68.1 Å². The maximum Gasteiger partial charge on any atom is 0.245 e. The van der Waals surface area contributed by atoms with Crippen LogP contribution >= 0.6 is 0 Å². The lowest BCUT2D eigenvalue weighted by molar-refractivity contribution is -0.141. The van der Waals surface area contributed by atoms with Crippen molar-refractivity contribution in [1.82, 2.24) is 42.1 Å². The van der Waals surface area contributed by atoms with Gasteiger partial charge in [-0.25, -0.2) is 8.42 Å². The van der Waals surface area contributed by atoms with E-state index in [1.54, 1.807) is 27.7 Å². The number of phenols is 1. The number of rotatable bonds is 19. The van der Waals surface area contributed by atoms with E-state index < -0.39 is 180 Å². The molecular weight excluding hydrogens is 939 g/mol. The number of sulfone groups is 1. The van der Waals surface area contributed by atoms with Gasteiger partial charge in [0.15, 0.2) is 9.84 Å². The van der Waals surface area contributed by atoms with E-state index in [-0.39, 0.29) is 24.5 Å². The van der Waals surface area contributed by atoms with Crippen molar-refractivity contribution in [3.63, 3.8) is 0 Å². The molecule has 10 amide bonds. The van der Waals surface area contributed by atoms with Crippen LogP contribution in [0.25, 0.3) is 0 Å². The van der Waals surface area contributed by atoms with Gasteiger partial charge in [0.25, 0.3) is 0 Å². The molecular formula is C44H69N11O14S. The molecule has 25 nitrogen and oxygen atoms in total. The van der Waals surface area contributed by atoms with Crippen molar-refractivity contribution in [2.75, 3.05) is 24.6 Å². The molecule has 1 saturated heterocycles. The van der Waals surface area contributed by atoms with Gasteiger partial charge >= 0.3 is 0 Å². The SMILES string of the molecule is CC[C@H](C)[C@@H]1NC(=O)[C@H](Cc2ccc(O)cc2)NC(O)CCS(=O)(=O)CC[C@@H](C(=O)N(CC(=O)N[C@@H](CC(C)C)C(=O)NCC(N)=O)C2CC2)NC(=O)[C@H](CC(N)=O)NC(=O)[C@H](CCC(N)=O)NC1=O. The third kappa shape index (κ3) is 19.9. The van der Waals surface area contributed by atoms with Gasteiger partial charge in [-0.15, -0.1) is 0 Å². The molecule has 0 spiro atoms. The van der Waals surface area contributed by atoms with Crippen LogP contribution in [0, 0.1) is 11.8 Å². The highest BCUT2D eigenvalue weighted by Gasteiger charge is 2.40. The van der Waals surface area contributed by atoms with Crippen molar-refractivity contribution in [2.45, 2.75) is 140 Å². The fourth-order valence-corrected chi connectivity index (χ4v) is 8.84. The molecule has 1 unspecified atom stereocenters. The van der Waals surface area contributed by atoms with Gasteiger partial charge in [-0.1, -0.05) is 46.2 Å². The number of aromatic hydroxyl groups is 1. The lowest BCUT2D eigenvalue weighted by Crippen LogP contribution is -2.61. The third-order valence-electron chi connectivity index (χ3n) is 11.6. The van der Waals surface area contributed by atoms with E-state index >= 15 is 0 Å². The monoisotopic (exact) mass is 1010 g/mol. The maximum atomic E-state index is 14.5. The number of carbonyl (C=O) groups is 10. The second kappa shape index (κ2) is 27.1. The maximum absolute atomic E-state index is 14.5. The number of amides is 10. The smallest absolute Gasteiger partial charge is 0.245 e. The van der Waals surface area contributed by atoms with Gasteiger partial charge in [0.05, 0.1) is 37.1 Å². The number of nitrogens with two attached hydrogens (primary N) is 3. The highest BCUT2D eigenvalue weighted by molar-refractivity contribution is 7.91. The van der Waals surface area contributed by atoms with Crippen LogP contribution in [0.2, 0.25) is 0 Å². The molecule has 0 radical (unpaired) electrons. The number of primary amides is 3. The van der Waals surface area contributed by atoms with Crippen molar-refractivity contribution >= 4 is 68.9 Å². The molecule has 26 heteroatoms. The fraction of sp³-hybridized carbons (Fsp3) is 0.636. The highest BCUT2D eigenvalue weighted by Crippen LogP contribution is 2.28. The van der Waals surface area contributed by atoms with E-state index in [0.29, 0.717) is 24.8 Å². The Morgan fingerprint density at radius 1 is 0.786 bits per heavy atom. The first-order valence-electron chi connectivity index (χ1n) is 23.1. The molecule has 3 rings (SSSR count). The zero-order valence-electron chi connectivity index (χ0n) is 39.9. The number of nitrogens with zero attached hydrogens (tertiary/aromatic N) is 1. The minimum atomic E-state index is -4.22. The Morgan fingerprint density at radius 3 is 1.96 bits per heavy atom. The number of benzene rings is 1. The Morgan fingerprint density at radius 2 is 1.39 bits per heavy atom. The Labute approximate surface area is 406 Å². The molecule has 1 aromatic rings. The summed E-state index contributed by atoms with van der Waals surface area (Å²) in [5.74, 6) is -11.7. The van der Waals surface area contributed by atoms with Crippen molar-refractivity contribution in [2.24, 2.45) is 29.0 Å². The first-order chi connectivity index (χ1) is 32.8. The molecule has 1 aliphatic heterocycles. The second-order valence-corrected chi connectivity index (χ2v) is 20.5. The van der Waals surface area contributed by atoms with Gasteiger partial charge in [0.1, 0.15) is 42.2 Å². The summed E-state index contributed by atoms with van der Waals surface area (Å²) in [5.41, 5.74) is 16.5. The number of aliphatic hydroxyl groups is 1. The van der Waals surface area contributed by atoms with Crippen molar-refractivity contribution in [1.29, 1.82) is 0 Å². The number of hydrogen-bond acceptors (Lipinski definition) is 15. The topological polar surface area (TPSA) is 411 Å². The first-order valence-corrected chi connectivity index (χ1v) is 25.0. The molecule has 1 aliphatic carbocycles. The molecule has 0 aromatic heterocycles. The normalized spacial score (nSPS) is 23.7. The van der Waals surface area contributed by atoms with Gasteiger partial charge < -0.3 is 64.2 Å². The Kier molecular flexibility index (Phi) is 22.4. The Hall–Kier alpha value is -6.41. The summed E-state index contributed by atoms with van der Waals surface area (Å²) in [6, 6.07) is -3.90. The van der Waals surface area contributed by atoms with Crippen LogP contribution in [0.1, 0.15) is 91.0 Å². The van der Waals surface area contributed by atoms with Gasteiger partial charge in [-0.2, -0.15) is 0 Å². The fourth-order valence-electron chi connectivity index (χ4n) is 7.45. The van der Waals surface area contributed by atoms with Crippen LogP contribution in [0.3, 0.4) is 0 Å². The quantitative estimate of drug-likeness (QED) is 0.0624. The lowest BCUT2D eigenvalue weighted by Gasteiger charge is -2.31. The third-order valence-corrected chi connectivity index (χ3v) is 13.4. The zero-order valence-corrected chi connectivity index (χ0v) is 40.7. The summed E-state index contributed by atoms with van der Waals surface area (Å²) in [6.45, 7) is 5.73. The number of aliphatic hydroxyl groups excluding tert-OH is 1. The molecule has 2 fully saturated rings. The van der Waals surface area contributed by atoms with Crippen molar-refractivity contribution in [3.05, 3.63) is 29.8 Å². The standard InChI is InChI=1S/C44H69N11O14S/c1-5-24(4)38-43(66)51-28(12-13-33(45)57)40(63)53-32(20-34(46)58)41(64)52-29(44(67)55(26-8-9-26)22-37(61)50-30(18-23(2)3)39(62)48-21-35(47)59)14-16-70(68,69)17-15-36(60)49-31(42(65)54-38)19-25-6-10-27(56)11-7-25/h6-7,10-11,23-24,26,28-32,36,38,49,56,60H,5,8-9,12-22H2,1-4H3,(H2,45,57)(H2,46,58)(H2,47,59)(H,48,62)(H,50,61)(H,51,66)(H,52,64)(H,53,63)(H,54,65)/t24-,28-,29-,30-,31-,32-,36?,38-/m0/s1. The molecule has 0 bridgehead atoms. The summed E-state index contributed by atoms with van der Waals surface area (Å²) in [7, 11) is -4.22. The predicted molar refractivity (Wildman–Crippen MR) is 250 cm³/mol. The molecule has 1 heterocycles. The van der Waals surface area contributed by atoms with Crippen LogP contribution in [-0.2, 0) is 64.2 Å². The molecule has 70 heavy (non-hydrogen) atoms. The zero-order chi connectivity index (χ0) is 52.5. The number of nitrogens with one attached hydrogen (secondary N) is 7. The molecule has 390 valence electrons.